The number of amides is 2. The van der Waals surface area contributed by atoms with Gasteiger partial charge >= 0.3 is 12.4 Å². The van der Waals surface area contributed by atoms with Gasteiger partial charge in [-0.05, 0) is 24.3 Å². The molecule has 3 aromatic rings. The fraction of sp³-hybridized carbons (Fsp3) is 0.118. The summed E-state index contributed by atoms with van der Waals surface area (Å²) < 4.78 is 80.2. The summed E-state index contributed by atoms with van der Waals surface area (Å²) in [6.45, 7) is 0. The highest BCUT2D eigenvalue weighted by Gasteiger charge is 2.32. The van der Waals surface area contributed by atoms with Gasteiger partial charge in [-0.1, -0.05) is 10.6 Å². The quantitative estimate of drug-likeness (QED) is 0.559. The molecule has 0 aliphatic heterocycles. The van der Waals surface area contributed by atoms with Crippen LogP contribution in [0.1, 0.15) is 32.0 Å². The van der Waals surface area contributed by atoms with Crippen molar-refractivity contribution >= 4 is 34.0 Å². The Morgan fingerprint density at radius 1 is 0.871 bits per heavy atom. The van der Waals surface area contributed by atoms with Gasteiger partial charge in [-0.15, -0.1) is 5.10 Å². The third-order valence-electron chi connectivity index (χ3n) is 3.71. The van der Waals surface area contributed by atoms with Gasteiger partial charge in [-0.25, -0.2) is 0 Å². The number of pyridine rings is 1. The summed E-state index contributed by atoms with van der Waals surface area (Å²) in [7, 11) is 0. The average molecular weight is 461 g/mol. The van der Waals surface area contributed by atoms with Crippen LogP contribution in [0.5, 0.6) is 0 Å². The summed E-state index contributed by atoms with van der Waals surface area (Å²) in [6.07, 6.45) is -7.91. The highest BCUT2D eigenvalue weighted by Crippen LogP contribution is 2.31. The second-order valence-electron chi connectivity index (χ2n) is 5.90. The first kappa shape index (κ1) is 22.1. The molecule has 0 spiro atoms. The van der Waals surface area contributed by atoms with Crippen LogP contribution >= 0.6 is 11.5 Å². The molecule has 3 rings (SSSR count). The first-order valence-electron chi connectivity index (χ1n) is 8.09. The zero-order chi connectivity index (χ0) is 22.8. The number of anilines is 2. The monoisotopic (exact) mass is 461 g/mol. The minimum Gasteiger partial charge on any atom is -0.320 e. The zero-order valence-electron chi connectivity index (χ0n) is 14.9. The van der Waals surface area contributed by atoms with Crippen LogP contribution in [0.15, 0.2) is 42.7 Å². The molecule has 1 aromatic carbocycles. The lowest BCUT2D eigenvalue weighted by atomic mass is 10.2. The molecule has 0 saturated carbocycles. The maximum Gasteiger partial charge on any atom is 0.417 e. The fourth-order valence-corrected chi connectivity index (χ4v) is 2.84. The van der Waals surface area contributed by atoms with Crippen LogP contribution in [-0.2, 0) is 12.4 Å². The largest absolute Gasteiger partial charge is 0.417 e. The van der Waals surface area contributed by atoms with Gasteiger partial charge < -0.3 is 10.6 Å². The van der Waals surface area contributed by atoms with Crippen molar-refractivity contribution in [2.75, 3.05) is 10.6 Å². The van der Waals surface area contributed by atoms with Gasteiger partial charge in [-0.3, -0.25) is 14.6 Å². The molecule has 2 amide bonds. The van der Waals surface area contributed by atoms with Gasteiger partial charge in [-0.2, -0.15) is 26.3 Å². The molecule has 2 aromatic heterocycles. The number of nitrogens with one attached hydrogen (secondary N) is 2. The molecular formula is C17H9F6N5O2S. The molecule has 14 heteroatoms. The molecule has 7 nitrogen and oxygen atoms in total. The molecule has 2 N–H and O–H groups in total. The fourth-order valence-electron chi connectivity index (χ4n) is 2.28. The van der Waals surface area contributed by atoms with E-state index in [0.29, 0.717) is 29.9 Å². The van der Waals surface area contributed by atoms with E-state index < -0.39 is 46.6 Å². The predicted octanol–water partition coefficient (Wildman–Crippen LogP) is 4.48. The van der Waals surface area contributed by atoms with E-state index in [0.717, 1.165) is 18.3 Å². The molecular weight excluding hydrogens is 452 g/mol. The van der Waals surface area contributed by atoms with Gasteiger partial charge in [0.1, 0.15) is 5.00 Å². The lowest BCUT2D eigenvalue weighted by Crippen LogP contribution is -2.18. The van der Waals surface area contributed by atoms with Crippen LogP contribution in [0.25, 0.3) is 0 Å². The van der Waals surface area contributed by atoms with Crippen molar-refractivity contribution in [1.29, 1.82) is 0 Å². The van der Waals surface area contributed by atoms with Crippen LogP contribution in [0.2, 0.25) is 0 Å². The summed E-state index contributed by atoms with van der Waals surface area (Å²) >= 11 is 0.552. The SMILES string of the molecule is O=C(Nc1snnc1C(=O)Nc1cccc(C(F)(F)F)c1)c1cncc(C(F)(F)F)c1. The molecule has 0 bridgehead atoms. The number of nitrogens with zero attached hydrogens (tertiary/aromatic N) is 3. The van der Waals surface area contributed by atoms with Crippen molar-refractivity contribution in [1.82, 2.24) is 14.6 Å². The van der Waals surface area contributed by atoms with Crippen LogP contribution in [0.4, 0.5) is 37.0 Å². The summed E-state index contributed by atoms with van der Waals surface area (Å²) in [6, 6.07) is 4.37. The minimum atomic E-state index is -4.72. The summed E-state index contributed by atoms with van der Waals surface area (Å²) in [5.41, 5.74) is -3.20. The topological polar surface area (TPSA) is 96.9 Å². The molecule has 162 valence electrons. The van der Waals surface area contributed by atoms with Crippen LogP contribution in [0.3, 0.4) is 0 Å². The number of alkyl halides is 6. The number of carbonyl (C=O) groups is 2. The zero-order valence-corrected chi connectivity index (χ0v) is 15.7. The number of carbonyl (C=O) groups excluding carboxylic acids is 2. The van der Waals surface area contributed by atoms with E-state index in [2.05, 4.69) is 25.2 Å². The van der Waals surface area contributed by atoms with E-state index in [1.807, 2.05) is 0 Å². The Morgan fingerprint density at radius 2 is 1.58 bits per heavy atom. The summed E-state index contributed by atoms with van der Waals surface area (Å²) in [4.78, 5) is 28.0. The molecule has 2 heterocycles. The van der Waals surface area contributed by atoms with E-state index in [-0.39, 0.29) is 10.7 Å². The van der Waals surface area contributed by atoms with E-state index in [4.69, 9.17) is 0 Å². The van der Waals surface area contributed by atoms with Crippen LogP contribution in [-0.4, -0.2) is 26.4 Å². The first-order chi connectivity index (χ1) is 14.4. The Bertz CT molecular complexity index is 1130. The highest BCUT2D eigenvalue weighted by molar-refractivity contribution is 7.10. The number of halogens is 6. The van der Waals surface area contributed by atoms with Gasteiger partial charge in [0, 0.05) is 29.6 Å². The highest BCUT2D eigenvalue weighted by atomic mass is 32.1. The molecule has 31 heavy (non-hydrogen) atoms. The maximum atomic E-state index is 12.8. The number of hydrogen-bond donors (Lipinski definition) is 2. The lowest BCUT2D eigenvalue weighted by Gasteiger charge is -2.10. The Kier molecular flexibility index (Phi) is 5.92. The molecule has 0 atom stereocenters. The molecule has 0 saturated heterocycles. The van der Waals surface area contributed by atoms with E-state index in [9.17, 15) is 35.9 Å². The molecule has 0 fully saturated rings. The van der Waals surface area contributed by atoms with E-state index in [1.165, 1.54) is 6.07 Å². The smallest absolute Gasteiger partial charge is 0.320 e. The van der Waals surface area contributed by atoms with Crippen LogP contribution in [0, 0.1) is 0 Å². The normalized spacial score (nSPS) is 11.8. The second kappa shape index (κ2) is 8.29. The Hall–Kier alpha value is -3.55. The third-order valence-corrected chi connectivity index (χ3v) is 4.35. The molecule has 0 radical (unpaired) electrons. The standard InChI is InChI=1S/C17H9F6N5O2S/c18-16(19,20)9-2-1-3-11(5-9)25-14(30)12-15(31-28-27-12)26-13(29)8-4-10(7-24-6-8)17(21,22)23/h1-7H,(H,25,30)(H,26,29). The van der Waals surface area contributed by atoms with Crippen LogP contribution < -0.4 is 10.6 Å². The second-order valence-corrected chi connectivity index (χ2v) is 6.65. The first-order valence-corrected chi connectivity index (χ1v) is 8.87. The van der Waals surface area contributed by atoms with Gasteiger partial charge in [0.25, 0.3) is 11.8 Å². The number of hydrogen-bond acceptors (Lipinski definition) is 6. The predicted molar refractivity (Wildman–Crippen MR) is 96.5 cm³/mol. The lowest BCUT2D eigenvalue weighted by molar-refractivity contribution is -0.138. The van der Waals surface area contributed by atoms with Crippen molar-refractivity contribution in [2.24, 2.45) is 0 Å². The third kappa shape index (κ3) is 5.33. The van der Waals surface area contributed by atoms with Crippen molar-refractivity contribution in [3.8, 4) is 0 Å². The summed E-state index contributed by atoms with van der Waals surface area (Å²) in [5, 5.41) is 7.68. The average Bonchev–Trinajstić information content (AvgIpc) is 3.15. The Labute approximate surface area is 173 Å². The van der Waals surface area contributed by atoms with Crippen molar-refractivity contribution < 1.29 is 35.9 Å². The van der Waals surface area contributed by atoms with Gasteiger partial charge in [0.05, 0.1) is 16.7 Å². The maximum absolute atomic E-state index is 12.8. The molecule has 0 aliphatic carbocycles. The number of aromatic nitrogens is 3. The molecule has 0 unspecified atom stereocenters. The van der Waals surface area contributed by atoms with E-state index >= 15 is 0 Å². The Balaban J connectivity index is 1.77. The van der Waals surface area contributed by atoms with Crippen molar-refractivity contribution in [2.45, 2.75) is 12.4 Å². The van der Waals surface area contributed by atoms with Crippen molar-refractivity contribution in [3.05, 3.63) is 65.1 Å². The van der Waals surface area contributed by atoms with Gasteiger partial charge in [0.15, 0.2) is 5.69 Å². The van der Waals surface area contributed by atoms with E-state index in [1.54, 1.807) is 0 Å². The number of rotatable bonds is 4. The van der Waals surface area contributed by atoms with Gasteiger partial charge in [0.2, 0.25) is 0 Å². The summed E-state index contributed by atoms with van der Waals surface area (Å²) in [5.74, 6) is -2.00. The van der Waals surface area contributed by atoms with Crippen molar-refractivity contribution in [3.63, 3.8) is 0 Å². The number of benzene rings is 1. The minimum absolute atomic E-state index is 0.188. The molecule has 0 aliphatic rings. The Morgan fingerprint density at radius 3 is 2.26 bits per heavy atom.